The average Bonchev–Trinajstić information content (AvgIpc) is 2.73. The van der Waals surface area contributed by atoms with Gasteiger partial charge in [-0.25, -0.2) is 0 Å². The summed E-state index contributed by atoms with van der Waals surface area (Å²) in [6, 6.07) is 10.3. The maximum Gasteiger partial charge on any atom is 0.146 e. The molecule has 2 aromatic heterocycles. The van der Waals surface area contributed by atoms with Gasteiger partial charge in [0.25, 0.3) is 0 Å². The zero-order valence-electron chi connectivity index (χ0n) is 16.7. The van der Waals surface area contributed by atoms with Crippen LogP contribution in [0.4, 0.5) is 0 Å². The summed E-state index contributed by atoms with van der Waals surface area (Å²) in [5.41, 5.74) is 3.82. The Morgan fingerprint density at radius 1 is 1.21 bits per heavy atom. The quantitative estimate of drug-likeness (QED) is 0.423. The van der Waals surface area contributed by atoms with Crippen molar-refractivity contribution < 1.29 is 9.47 Å². The molecule has 5 nitrogen and oxygen atoms in total. The van der Waals surface area contributed by atoms with Crippen LogP contribution in [0.25, 0.3) is 22.0 Å². The van der Waals surface area contributed by atoms with Crippen LogP contribution in [0.5, 0.6) is 11.5 Å². The highest BCUT2D eigenvalue weighted by atomic mass is 16.5. The normalized spacial score (nSPS) is 12.0. The highest BCUT2D eigenvalue weighted by Crippen LogP contribution is 2.36. The van der Waals surface area contributed by atoms with Crippen LogP contribution in [-0.2, 0) is 0 Å². The highest BCUT2D eigenvalue weighted by Gasteiger charge is 2.15. The molecule has 2 heterocycles. The summed E-state index contributed by atoms with van der Waals surface area (Å²) in [7, 11) is 1.66. The molecule has 0 amide bonds. The van der Waals surface area contributed by atoms with E-state index < -0.39 is 0 Å². The SMILES string of the molecule is C=CCCOc1cc(-c2cc([C@@H](C)NCC)ncc2OC)cc2cccnc12. The van der Waals surface area contributed by atoms with Gasteiger partial charge in [0.2, 0.25) is 0 Å². The Balaban J connectivity index is 2.11. The summed E-state index contributed by atoms with van der Waals surface area (Å²) in [5.74, 6) is 1.49. The lowest BCUT2D eigenvalue weighted by atomic mass is 10.0. The fourth-order valence-corrected chi connectivity index (χ4v) is 3.17. The Morgan fingerprint density at radius 3 is 2.82 bits per heavy atom. The van der Waals surface area contributed by atoms with E-state index in [-0.39, 0.29) is 6.04 Å². The molecule has 3 aromatic rings. The van der Waals surface area contributed by atoms with Crippen molar-refractivity contribution in [1.29, 1.82) is 0 Å². The largest absolute Gasteiger partial charge is 0.494 e. The monoisotopic (exact) mass is 377 g/mol. The Morgan fingerprint density at radius 2 is 2.07 bits per heavy atom. The van der Waals surface area contributed by atoms with Crippen molar-refractivity contribution in [1.82, 2.24) is 15.3 Å². The summed E-state index contributed by atoms with van der Waals surface area (Å²) in [4.78, 5) is 9.06. The van der Waals surface area contributed by atoms with Gasteiger partial charge in [-0.05, 0) is 49.7 Å². The van der Waals surface area contributed by atoms with E-state index in [0.29, 0.717) is 6.61 Å². The van der Waals surface area contributed by atoms with Crippen LogP contribution in [0.3, 0.4) is 0 Å². The summed E-state index contributed by atoms with van der Waals surface area (Å²) < 4.78 is 11.6. The highest BCUT2D eigenvalue weighted by molar-refractivity contribution is 5.90. The molecule has 28 heavy (non-hydrogen) atoms. The molecule has 1 aromatic carbocycles. The zero-order valence-corrected chi connectivity index (χ0v) is 16.7. The van der Waals surface area contributed by atoms with E-state index in [0.717, 1.165) is 52.2 Å². The number of hydrogen-bond acceptors (Lipinski definition) is 5. The van der Waals surface area contributed by atoms with E-state index in [1.807, 2.05) is 24.3 Å². The number of aromatic nitrogens is 2. The van der Waals surface area contributed by atoms with Crippen molar-refractivity contribution in [3.8, 4) is 22.6 Å². The van der Waals surface area contributed by atoms with E-state index in [1.54, 1.807) is 19.5 Å². The average molecular weight is 377 g/mol. The molecule has 1 N–H and O–H groups in total. The fourth-order valence-electron chi connectivity index (χ4n) is 3.17. The van der Waals surface area contributed by atoms with Gasteiger partial charge in [-0.1, -0.05) is 19.1 Å². The minimum atomic E-state index is 0.153. The minimum absolute atomic E-state index is 0.153. The molecule has 0 aliphatic rings. The fraction of sp³-hybridized carbons (Fsp3) is 0.304. The molecule has 0 radical (unpaired) electrons. The molecule has 5 heteroatoms. The van der Waals surface area contributed by atoms with Crippen LogP contribution in [-0.4, -0.2) is 30.2 Å². The van der Waals surface area contributed by atoms with E-state index in [2.05, 4.69) is 47.8 Å². The lowest BCUT2D eigenvalue weighted by molar-refractivity contribution is 0.328. The van der Waals surface area contributed by atoms with Crippen molar-refractivity contribution in [2.45, 2.75) is 26.3 Å². The predicted octanol–water partition coefficient (Wildman–Crippen LogP) is 4.93. The van der Waals surface area contributed by atoms with Gasteiger partial charge in [0, 0.05) is 23.2 Å². The molecule has 146 valence electrons. The number of methoxy groups -OCH3 is 1. The van der Waals surface area contributed by atoms with E-state index >= 15 is 0 Å². The van der Waals surface area contributed by atoms with Gasteiger partial charge in [-0.2, -0.15) is 0 Å². The standard InChI is InChI=1S/C23H27N3O2/c1-5-7-11-28-21-13-18(12-17-9-8-10-25-23(17)21)19-14-20(16(3)24-6-2)26-15-22(19)27-4/h5,8-10,12-16,24H,1,6-7,11H2,2-4H3/t16-/m1/s1. The van der Waals surface area contributed by atoms with Gasteiger partial charge in [0.05, 0.1) is 25.6 Å². The van der Waals surface area contributed by atoms with Crippen LogP contribution in [0.1, 0.15) is 32.0 Å². The van der Waals surface area contributed by atoms with Crippen LogP contribution < -0.4 is 14.8 Å². The van der Waals surface area contributed by atoms with Crippen molar-refractivity contribution in [2.24, 2.45) is 0 Å². The smallest absolute Gasteiger partial charge is 0.146 e. The molecular weight excluding hydrogens is 350 g/mol. The number of ether oxygens (including phenoxy) is 2. The molecule has 0 aliphatic carbocycles. The predicted molar refractivity (Wildman–Crippen MR) is 114 cm³/mol. The number of rotatable bonds is 9. The lowest BCUT2D eigenvalue weighted by Crippen LogP contribution is -2.18. The van der Waals surface area contributed by atoms with Gasteiger partial charge in [-0.15, -0.1) is 6.58 Å². The van der Waals surface area contributed by atoms with Gasteiger partial charge in [0.15, 0.2) is 0 Å². The zero-order chi connectivity index (χ0) is 19.9. The number of nitrogens with one attached hydrogen (secondary N) is 1. The second-order valence-electron chi connectivity index (χ2n) is 6.56. The maximum atomic E-state index is 6.01. The van der Waals surface area contributed by atoms with Crippen molar-refractivity contribution >= 4 is 10.9 Å². The first-order chi connectivity index (χ1) is 13.7. The minimum Gasteiger partial charge on any atom is -0.494 e. The molecule has 0 fully saturated rings. The van der Waals surface area contributed by atoms with Crippen LogP contribution >= 0.6 is 0 Å². The summed E-state index contributed by atoms with van der Waals surface area (Å²) in [6.45, 7) is 9.40. The molecular formula is C23H27N3O2. The molecule has 1 atom stereocenters. The number of nitrogens with zero attached hydrogens (tertiary/aromatic N) is 2. The van der Waals surface area contributed by atoms with Crippen molar-refractivity contribution in [3.05, 3.63) is 61.1 Å². The van der Waals surface area contributed by atoms with E-state index in [4.69, 9.17) is 9.47 Å². The topological polar surface area (TPSA) is 56.3 Å². The lowest BCUT2D eigenvalue weighted by Gasteiger charge is -2.16. The molecule has 0 unspecified atom stereocenters. The molecule has 3 rings (SSSR count). The number of pyridine rings is 2. The Hall–Kier alpha value is -2.92. The van der Waals surface area contributed by atoms with Crippen molar-refractivity contribution in [3.63, 3.8) is 0 Å². The summed E-state index contributed by atoms with van der Waals surface area (Å²) in [5, 5.41) is 4.43. The third-order valence-electron chi connectivity index (χ3n) is 4.62. The third kappa shape index (κ3) is 4.31. The van der Waals surface area contributed by atoms with Crippen LogP contribution in [0.2, 0.25) is 0 Å². The van der Waals surface area contributed by atoms with Gasteiger partial charge in [0.1, 0.15) is 17.0 Å². The third-order valence-corrected chi connectivity index (χ3v) is 4.62. The number of fused-ring (bicyclic) bond motifs is 1. The Kier molecular flexibility index (Phi) is 6.61. The van der Waals surface area contributed by atoms with Gasteiger partial charge < -0.3 is 14.8 Å². The molecule has 0 aliphatic heterocycles. The van der Waals surface area contributed by atoms with Crippen LogP contribution in [0, 0.1) is 0 Å². The first-order valence-corrected chi connectivity index (χ1v) is 9.58. The summed E-state index contributed by atoms with van der Waals surface area (Å²) >= 11 is 0. The van der Waals surface area contributed by atoms with Gasteiger partial charge >= 0.3 is 0 Å². The van der Waals surface area contributed by atoms with E-state index in [9.17, 15) is 0 Å². The molecule has 0 saturated carbocycles. The molecule has 0 bridgehead atoms. The molecule has 0 saturated heterocycles. The Bertz CT molecular complexity index is 956. The number of hydrogen-bond donors (Lipinski definition) is 1. The Labute approximate surface area is 166 Å². The van der Waals surface area contributed by atoms with Crippen molar-refractivity contribution in [2.75, 3.05) is 20.3 Å². The second kappa shape index (κ2) is 9.33. The van der Waals surface area contributed by atoms with Crippen LogP contribution in [0.15, 0.2) is 55.4 Å². The van der Waals surface area contributed by atoms with Gasteiger partial charge in [-0.3, -0.25) is 9.97 Å². The second-order valence-corrected chi connectivity index (χ2v) is 6.56. The maximum absolute atomic E-state index is 6.01. The number of benzene rings is 1. The molecule has 0 spiro atoms. The first-order valence-electron chi connectivity index (χ1n) is 9.58. The van der Waals surface area contributed by atoms with E-state index in [1.165, 1.54) is 0 Å². The first kappa shape index (κ1) is 19.8. The summed E-state index contributed by atoms with van der Waals surface area (Å²) in [6.07, 6.45) is 6.19.